The van der Waals surface area contributed by atoms with E-state index >= 15 is 0 Å². The molecule has 0 saturated carbocycles. The molecule has 1 heterocycles. The summed E-state index contributed by atoms with van der Waals surface area (Å²) in [5, 5.41) is 2.81. The van der Waals surface area contributed by atoms with Crippen molar-refractivity contribution in [3.8, 4) is 0 Å². The van der Waals surface area contributed by atoms with Crippen molar-refractivity contribution in [2.75, 3.05) is 10.7 Å². The van der Waals surface area contributed by atoms with Gasteiger partial charge in [-0.3, -0.25) is 15.6 Å². The first kappa shape index (κ1) is 13.5. The number of benzene rings is 1. The van der Waals surface area contributed by atoms with Gasteiger partial charge in [-0.25, -0.2) is 0 Å². The molecule has 19 heavy (non-hydrogen) atoms. The molecule has 0 bridgehead atoms. The largest absolute Gasteiger partial charge is 0.324 e. The minimum Gasteiger partial charge on any atom is -0.324 e. The highest BCUT2D eigenvalue weighted by molar-refractivity contribution is 9.10. The van der Waals surface area contributed by atoms with E-state index in [1.54, 1.807) is 36.7 Å². The SMILES string of the molecule is Cc1cc(C(=O)Nc2ccncc2Br)ccc1NN. The number of nitrogens with zero attached hydrogens (tertiary/aromatic N) is 1. The van der Waals surface area contributed by atoms with Crippen LogP contribution >= 0.6 is 15.9 Å². The van der Waals surface area contributed by atoms with Crippen molar-refractivity contribution in [3.63, 3.8) is 0 Å². The van der Waals surface area contributed by atoms with Gasteiger partial charge in [-0.15, -0.1) is 0 Å². The van der Waals surface area contributed by atoms with Gasteiger partial charge in [0.1, 0.15) is 0 Å². The number of pyridine rings is 1. The summed E-state index contributed by atoms with van der Waals surface area (Å²) in [6, 6.07) is 6.99. The second kappa shape index (κ2) is 5.81. The van der Waals surface area contributed by atoms with Crippen LogP contribution in [0.2, 0.25) is 0 Å². The lowest BCUT2D eigenvalue weighted by molar-refractivity contribution is 0.102. The van der Waals surface area contributed by atoms with Gasteiger partial charge in [0, 0.05) is 18.0 Å². The maximum atomic E-state index is 12.1. The zero-order valence-electron chi connectivity index (χ0n) is 10.3. The molecule has 2 rings (SSSR count). The van der Waals surface area contributed by atoms with Gasteiger partial charge in [-0.1, -0.05) is 0 Å². The highest BCUT2D eigenvalue weighted by Crippen LogP contribution is 2.21. The van der Waals surface area contributed by atoms with Gasteiger partial charge in [0.15, 0.2) is 0 Å². The Bertz CT molecular complexity index is 615. The quantitative estimate of drug-likeness (QED) is 0.600. The maximum Gasteiger partial charge on any atom is 0.255 e. The van der Waals surface area contributed by atoms with E-state index in [2.05, 4.69) is 31.7 Å². The summed E-state index contributed by atoms with van der Waals surface area (Å²) in [4.78, 5) is 16.1. The molecule has 0 fully saturated rings. The van der Waals surface area contributed by atoms with Gasteiger partial charge in [-0.2, -0.15) is 0 Å². The summed E-state index contributed by atoms with van der Waals surface area (Å²) in [6.45, 7) is 1.88. The molecule has 0 unspecified atom stereocenters. The minimum atomic E-state index is -0.182. The summed E-state index contributed by atoms with van der Waals surface area (Å²) >= 11 is 3.33. The Morgan fingerprint density at radius 3 is 2.74 bits per heavy atom. The fraction of sp³-hybridized carbons (Fsp3) is 0.0769. The van der Waals surface area contributed by atoms with E-state index in [1.165, 1.54) is 0 Å². The molecule has 0 aliphatic rings. The lowest BCUT2D eigenvalue weighted by atomic mass is 10.1. The van der Waals surface area contributed by atoms with E-state index in [1.807, 2.05) is 6.92 Å². The maximum absolute atomic E-state index is 12.1. The molecule has 1 aromatic carbocycles. The number of nitrogens with one attached hydrogen (secondary N) is 2. The smallest absolute Gasteiger partial charge is 0.255 e. The van der Waals surface area contributed by atoms with Crippen LogP contribution in [-0.2, 0) is 0 Å². The summed E-state index contributed by atoms with van der Waals surface area (Å²) in [7, 11) is 0. The number of halogens is 1. The van der Waals surface area contributed by atoms with E-state index in [9.17, 15) is 4.79 Å². The third-order valence-corrected chi connectivity index (χ3v) is 3.30. The normalized spacial score (nSPS) is 10.1. The number of hydrogen-bond donors (Lipinski definition) is 3. The summed E-state index contributed by atoms with van der Waals surface area (Å²) in [5.74, 6) is 5.17. The molecule has 1 aromatic heterocycles. The Morgan fingerprint density at radius 2 is 2.11 bits per heavy atom. The molecule has 6 heteroatoms. The van der Waals surface area contributed by atoms with Crippen molar-refractivity contribution in [2.24, 2.45) is 5.84 Å². The Kier molecular flexibility index (Phi) is 4.13. The number of aryl methyl sites for hydroxylation is 1. The van der Waals surface area contributed by atoms with Crippen LogP contribution in [0.4, 0.5) is 11.4 Å². The number of rotatable bonds is 3. The monoisotopic (exact) mass is 320 g/mol. The van der Waals surface area contributed by atoms with Crippen molar-refractivity contribution in [1.82, 2.24) is 4.98 Å². The van der Waals surface area contributed by atoms with Crippen molar-refractivity contribution < 1.29 is 4.79 Å². The number of carbonyl (C=O) groups is 1. The Balaban J connectivity index is 2.21. The van der Waals surface area contributed by atoms with Gasteiger partial charge in [-0.05, 0) is 52.7 Å². The standard InChI is InChI=1S/C13H13BrN4O/c1-8-6-9(2-3-11(8)18-15)13(19)17-12-4-5-16-7-10(12)14/h2-7,18H,15H2,1H3,(H,16,17,19). The van der Waals surface area contributed by atoms with Crippen LogP contribution < -0.4 is 16.6 Å². The van der Waals surface area contributed by atoms with Crippen LogP contribution in [0.1, 0.15) is 15.9 Å². The van der Waals surface area contributed by atoms with Crippen molar-refractivity contribution in [2.45, 2.75) is 6.92 Å². The predicted molar refractivity (Wildman–Crippen MR) is 78.9 cm³/mol. The Morgan fingerprint density at radius 1 is 1.32 bits per heavy atom. The fourth-order valence-corrected chi connectivity index (χ4v) is 1.99. The molecule has 1 amide bonds. The lowest BCUT2D eigenvalue weighted by Crippen LogP contribution is -2.14. The molecule has 5 nitrogen and oxygen atoms in total. The van der Waals surface area contributed by atoms with Gasteiger partial charge in [0.05, 0.1) is 15.8 Å². The van der Waals surface area contributed by atoms with Crippen LogP contribution in [-0.4, -0.2) is 10.9 Å². The topological polar surface area (TPSA) is 80.0 Å². The van der Waals surface area contributed by atoms with Crippen molar-refractivity contribution in [3.05, 3.63) is 52.3 Å². The predicted octanol–water partition coefficient (Wildman–Crippen LogP) is 2.69. The number of hydrogen-bond acceptors (Lipinski definition) is 4. The fourth-order valence-electron chi connectivity index (χ4n) is 1.64. The number of aromatic nitrogens is 1. The highest BCUT2D eigenvalue weighted by Gasteiger charge is 2.09. The van der Waals surface area contributed by atoms with Crippen LogP contribution in [0, 0.1) is 6.92 Å². The molecule has 0 aliphatic heterocycles. The van der Waals surface area contributed by atoms with E-state index < -0.39 is 0 Å². The molecule has 0 saturated heterocycles. The third-order valence-electron chi connectivity index (χ3n) is 2.66. The molecule has 2 aromatic rings. The van der Waals surface area contributed by atoms with E-state index in [-0.39, 0.29) is 5.91 Å². The first-order valence-electron chi connectivity index (χ1n) is 5.60. The summed E-state index contributed by atoms with van der Waals surface area (Å²) < 4.78 is 0.736. The Hall–Kier alpha value is -1.92. The molecule has 0 atom stereocenters. The molecule has 4 N–H and O–H groups in total. The molecule has 98 valence electrons. The zero-order valence-corrected chi connectivity index (χ0v) is 11.9. The first-order valence-corrected chi connectivity index (χ1v) is 6.39. The zero-order chi connectivity index (χ0) is 13.8. The van der Waals surface area contributed by atoms with E-state index in [4.69, 9.17) is 5.84 Å². The number of hydrazine groups is 1. The average Bonchev–Trinajstić information content (AvgIpc) is 2.41. The van der Waals surface area contributed by atoms with Crippen LogP contribution in [0.3, 0.4) is 0 Å². The first-order chi connectivity index (χ1) is 9.11. The highest BCUT2D eigenvalue weighted by atomic mass is 79.9. The van der Waals surface area contributed by atoms with Gasteiger partial charge < -0.3 is 10.7 Å². The minimum absolute atomic E-state index is 0.182. The molecular formula is C13H13BrN4O. The van der Waals surface area contributed by atoms with Gasteiger partial charge >= 0.3 is 0 Å². The Labute approximate surface area is 119 Å². The molecule has 0 aliphatic carbocycles. The number of anilines is 2. The summed E-state index contributed by atoms with van der Waals surface area (Å²) in [5.41, 5.74) is 5.52. The number of nitrogen functional groups attached to an aromatic ring is 1. The second-order valence-corrected chi connectivity index (χ2v) is 4.84. The number of carbonyl (C=O) groups excluding carboxylic acids is 1. The molecular weight excluding hydrogens is 308 g/mol. The van der Waals surface area contributed by atoms with E-state index in [0.717, 1.165) is 15.7 Å². The van der Waals surface area contributed by atoms with Crippen LogP contribution in [0.5, 0.6) is 0 Å². The van der Waals surface area contributed by atoms with Crippen molar-refractivity contribution in [1.29, 1.82) is 0 Å². The molecule has 0 spiro atoms. The molecule has 0 radical (unpaired) electrons. The van der Waals surface area contributed by atoms with Crippen LogP contribution in [0.25, 0.3) is 0 Å². The third kappa shape index (κ3) is 3.10. The van der Waals surface area contributed by atoms with Crippen LogP contribution in [0.15, 0.2) is 41.1 Å². The number of amides is 1. The second-order valence-electron chi connectivity index (χ2n) is 3.98. The lowest BCUT2D eigenvalue weighted by Gasteiger charge is -2.09. The van der Waals surface area contributed by atoms with E-state index in [0.29, 0.717) is 11.3 Å². The number of nitrogens with two attached hydrogens (primary N) is 1. The van der Waals surface area contributed by atoms with Gasteiger partial charge in [0.25, 0.3) is 5.91 Å². The average molecular weight is 321 g/mol. The summed E-state index contributed by atoms with van der Waals surface area (Å²) in [6.07, 6.45) is 3.25. The van der Waals surface area contributed by atoms with Crippen molar-refractivity contribution >= 4 is 33.2 Å². The van der Waals surface area contributed by atoms with Gasteiger partial charge in [0.2, 0.25) is 0 Å².